The van der Waals surface area contributed by atoms with Crippen LogP contribution in [0.4, 0.5) is 0 Å². The summed E-state index contributed by atoms with van der Waals surface area (Å²) < 4.78 is 5.82. The molecule has 0 aliphatic rings. The van der Waals surface area contributed by atoms with Crippen molar-refractivity contribution >= 4 is 0 Å². The third kappa shape index (κ3) is 5.54. The molecule has 1 aromatic carbocycles. The maximum absolute atomic E-state index is 5.82. The van der Waals surface area contributed by atoms with Gasteiger partial charge in [0.25, 0.3) is 0 Å². The summed E-state index contributed by atoms with van der Waals surface area (Å²) in [6.45, 7) is 11.7. The molecule has 1 aromatic rings. The minimum Gasteiger partial charge on any atom is -0.493 e. The molecule has 0 spiro atoms. The monoisotopic (exact) mass is 249 g/mol. The van der Waals surface area contributed by atoms with Gasteiger partial charge in [0.1, 0.15) is 5.75 Å². The molecule has 0 saturated heterocycles. The van der Waals surface area contributed by atoms with Crippen LogP contribution in [0.15, 0.2) is 18.2 Å². The molecule has 0 amide bonds. The molecule has 1 N–H and O–H groups in total. The highest BCUT2D eigenvalue weighted by atomic mass is 16.5. The molecule has 0 bridgehead atoms. The quantitative estimate of drug-likeness (QED) is 0.709. The molecule has 0 fully saturated rings. The smallest absolute Gasteiger partial charge is 0.122 e. The molecule has 0 radical (unpaired) electrons. The van der Waals surface area contributed by atoms with E-state index < -0.39 is 0 Å². The van der Waals surface area contributed by atoms with Gasteiger partial charge >= 0.3 is 0 Å². The van der Waals surface area contributed by atoms with Crippen LogP contribution in [0, 0.1) is 19.8 Å². The Kier molecular flexibility index (Phi) is 6.81. The highest BCUT2D eigenvalue weighted by Crippen LogP contribution is 2.20. The van der Waals surface area contributed by atoms with Crippen molar-refractivity contribution in [1.29, 1.82) is 0 Å². The Hall–Kier alpha value is -1.02. The number of hydrogen-bond donors (Lipinski definition) is 1. The number of nitrogens with one attached hydrogen (secondary N) is 1. The Morgan fingerprint density at radius 3 is 2.67 bits per heavy atom. The van der Waals surface area contributed by atoms with Crippen LogP contribution < -0.4 is 10.1 Å². The van der Waals surface area contributed by atoms with E-state index in [0.717, 1.165) is 37.8 Å². The van der Waals surface area contributed by atoms with Crippen molar-refractivity contribution in [2.75, 3.05) is 19.7 Å². The van der Waals surface area contributed by atoms with Gasteiger partial charge in [0, 0.05) is 0 Å². The zero-order valence-electron chi connectivity index (χ0n) is 12.3. The maximum atomic E-state index is 5.82. The SMILES string of the molecule is Cc1cccc(OCCCCNCC(C)C)c1C. The average Bonchev–Trinajstić information content (AvgIpc) is 2.32. The summed E-state index contributed by atoms with van der Waals surface area (Å²) >= 11 is 0. The van der Waals surface area contributed by atoms with Crippen molar-refractivity contribution in [3.63, 3.8) is 0 Å². The second-order valence-electron chi connectivity index (χ2n) is 5.35. The molecule has 18 heavy (non-hydrogen) atoms. The van der Waals surface area contributed by atoms with Gasteiger partial charge in [0.05, 0.1) is 6.61 Å². The molecule has 0 atom stereocenters. The van der Waals surface area contributed by atoms with E-state index in [9.17, 15) is 0 Å². The maximum Gasteiger partial charge on any atom is 0.122 e. The van der Waals surface area contributed by atoms with E-state index in [2.05, 4.69) is 51.2 Å². The zero-order valence-corrected chi connectivity index (χ0v) is 12.3. The lowest BCUT2D eigenvalue weighted by Crippen LogP contribution is -2.21. The molecule has 0 saturated carbocycles. The number of unbranched alkanes of at least 4 members (excludes halogenated alkanes) is 1. The van der Waals surface area contributed by atoms with Crippen LogP contribution in [0.2, 0.25) is 0 Å². The van der Waals surface area contributed by atoms with E-state index in [4.69, 9.17) is 4.74 Å². The first-order chi connectivity index (χ1) is 8.61. The average molecular weight is 249 g/mol. The summed E-state index contributed by atoms with van der Waals surface area (Å²) in [6, 6.07) is 6.24. The van der Waals surface area contributed by atoms with Crippen LogP contribution in [0.3, 0.4) is 0 Å². The minimum absolute atomic E-state index is 0.733. The van der Waals surface area contributed by atoms with Gasteiger partial charge in [-0.2, -0.15) is 0 Å². The van der Waals surface area contributed by atoms with Crippen LogP contribution in [-0.4, -0.2) is 19.7 Å². The lowest BCUT2D eigenvalue weighted by atomic mass is 10.1. The number of hydrogen-bond acceptors (Lipinski definition) is 2. The molecule has 0 unspecified atom stereocenters. The standard InChI is InChI=1S/C16H27NO/c1-13(2)12-17-10-5-6-11-18-16-9-7-8-14(3)15(16)4/h7-9,13,17H,5-6,10-12H2,1-4H3. The van der Waals surface area contributed by atoms with E-state index in [-0.39, 0.29) is 0 Å². The number of ether oxygens (including phenoxy) is 1. The van der Waals surface area contributed by atoms with E-state index in [1.807, 2.05) is 0 Å². The molecule has 0 aliphatic heterocycles. The van der Waals surface area contributed by atoms with Gasteiger partial charge in [-0.05, 0) is 62.9 Å². The van der Waals surface area contributed by atoms with E-state index >= 15 is 0 Å². The van der Waals surface area contributed by atoms with Crippen molar-refractivity contribution in [3.05, 3.63) is 29.3 Å². The van der Waals surface area contributed by atoms with E-state index in [0.29, 0.717) is 0 Å². The molecular weight excluding hydrogens is 222 g/mol. The molecule has 2 nitrogen and oxygen atoms in total. The van der Waals surface area contributed by atoms with Crippen LogP contribution in [0.5, 0.6) is 5.75 Å². The molecular formula is C16H27NO. The fourth-order valence-corrected chi connectivity index (χ4v) is 1.81. The summed E-state index contributed by atoms with van der Waals surface area (Å²) in [4.78, 5) is 0. The van der Waals surface area contributed by atoms with Crippen molar-refractivity contribution < 1.29 is 4.74 Å². The molecule has 0 aromatic heterocycles. The predicted octanol–water partition coefficient (Wildman–Crippen LogP) is 3.71. The van der Waals surface area contributed by atoms with Gasteiger partial charge in [-0.15, -0.1) is 0 Å². The van der Waals surface area contributed by atoms with Gasteiger partial charge in [-0.1, -0.05) is 26.0 Å². The Labute approximate surface area is 112 Å². The number of rotatable bonds is 8. The van der Waals surface area contributed by atoms with Gasteiger partial charge in [-0.3, -0.25) is 0 Å². The van der Waals surface area contributed by atoms with Crippen LogP contribution >= 0.6 is 0 Å². The van der Waals surface area contributed by atoms with Crippen LogP contribution in [0.25, 0.3) is 0 Å². The Morgan fingerprint density at radius 2 is 1.94 bits per heavy atom. The molecule has 1 rings (SSSR count). The second kappa shape index (κ2) is 8.15. The summed E-state index contributed by atoms with van der Waals surface area (Å²) in [6.07, 6.45) is 2.29. The van der Waals surface area contributed by atoms with Crippen molar-refractivity contribution in [3.8, 4) is 5.75 Å². The van der Waals surface area contributed by atoms with Crippen LogP contribution in [-0.2, 0) is 0 Å². The molecule has 2 heteroatoms. The van der Waals surface area contributed by atoms with Gasteiger partial charge < -0.3 is 10.1 Å². The minimum atomic E-state index is 0.733. The normalized spacial score (nSPS) is 10.9. The van der Waals surface area contributed by atoms with Crippen molar-refractivity contribution in [1.82, 2.24) is 5.32 Å². The van der Waals surface area contributed by atoms with Gasteiger partial charge in [0.15, 0.2) is 0 Å². The van der Waals surface area contributed by atoms with Gasteiger partial charge in [0.2, 0.25) is 0 Å². The molecule has 0 aliphatic carbocycles. The molecule has 102 valence electrons. The highest BCUT2D eigenvalue weighted by molar-refractivity contribution is 5.38. The topological polar surface area (TPSA) is 21.3 Å². The lowest BCUT2D eigenvalue weighted by Gasteiger charge is -2.11. The predicted molar refractivity (Wildman–Crippen MR) is 78.4 cm³/mol. The summed E-state index contributed by atoms with van der Waals surface area (Å²) in [5, 5.41) is 3.45. The first kappa shape index (κ1) is 15.0. The number of benzene rings is 1. The summed E-state index contributed by atoms with van der Waals surface area (Å²) in [7, 11) is 0. The third-order valence-corrected chi connectivity index (χ3v) is 3.11. The largest absolute Gasteiger partial charge is 0.493 e. The van der Waals surface area contributed by atoms with Gasteiger partial charge in [-0.25, -0.2) is 0 Å². The zero-order chi connectivity index (χ0) is 13.4. The first-order valence-corrected chi connectivity index (χ1v) is 7.01. The fourth-order valence-electron chi connectivity index (χ4n) is 1.81. The second-order valence-corrected chi connectivity index (χ2v) is 5.35. The summed E-state index contributed by atoms with van der Waals surface area (Å²) in [5.41, 5.74) is 2.56. The summed E-state index contributed by atoms with van der Waals surface area (Å²) in [5.74, 6) is 1.77. The Morgan fingerprint density at radius 1 is 1.17 bits per heavy atom. The highest BCUT2D eigenvalue weighted by Gasteiger charge is 2.01. The molecule has 0 heterocycles. The lowest BCUT2D eigenvalue weighted by molar-refractivity contribution is 0.303. The number of aryl methyl sites for hydroxylation is 1. The Balaban J connectivity index is 2.13. The van der Waals surface area contributed by atoms with Crippen molar-refractivity contribution in [2.24, 2.45) is 5.92 Å². The Bertz CT molecular complexity index is 347. The fraction of sp³-hybridized carbons (Fsp3) is 0.625. The van der Waals surface area contributed by atoms with Crippen LogP contribution in [0.1, 0.15) is 37.8 Å². The third-order valence-electron chi connectivity index (χ3n) is 3.11. The van der Waals surface area contributed by atoms with E-state index in [1.165, 1.54) is 17.5 Å². The van der Waals surface area contributed by atoms with E-state index in [1.54, 1.807) is 0 Å². The first-order valence-electron chi connectivity index (χ1n) is 7.01. The van der Waals surface area contributed by atoms with Crippen molar-refractivity contribution in [2.45, 2.75) is 40.5 Å².